The van der Waals surface area contributed by atoms with Gasteiger partial charge in [0, 0.05) is 17.6 Å². The Morgan fingerprint density at radius 3 is 3.00 bits per heavy atom. The van der Waals surface area contributed by atoms with E-state index in [2.05, 4.69) is 22.5 Å². The molecule has 13 heavy (non-hydrogen) atoms. The van der Waals surface area contributed by atoms with Crippen molar-refractivity contribution in [2.75, 3.05) is 26.3 Å². The van der Waals surface area contributed by atoms with Gasteiger partial charge in [0.2, 0.25) is 5.91 Å². The van der Waals surface area contributed by atoms with Gasteiger partial charge in [-0.2, -0.15) is 0 Å². The number of rotatable bonds is 3. The van der Waals surface area contributed by atoms with E-state index in [4.69, 9.17) is 10.5 Å². The summed E-state index contributed by atoms with van der Waals surface area (Å²) in [5, 5.41) is 0. The van der Waals surface area contributed by atoms with E-state index < -0.39 is 0 Å². The van der Waals surface area contributed by atoms with Gasteiger partial charge in [-0.25, -0.2) is 0 Å². The van der Waals surface area contributed by atoms with E-state index in [1.807, 2.05) is 4.90 Å². The standard InChI is InChI=1S/C8H13BrN2O2/c1-6(9)4-11-2-3-13-5-7(11)8(10)12/h7H,1-5H2,(H2,10,12)/t7-/m0/s1. The Morgan fingerprint density at radius 1 is 1.77 bits per heavy atom. The SMILES string of the molecule is C=C(Br)CN1CCOC[C@H]1C(N)=O. The number of nitrogens with two attached hydrogens (primary N) is 1. The van der Waals surface area contributed by atoms with Crippen molar-refractivity contribution < 1.29 is 9.53 Å². The maximum Gasteiger partial charge on any atom is 0.237 e. The number of carbonyl (C=O) groups is 1. The van der Waals surface area contributed by atoms with E-state index in [0.29, 0.717) is 19.8 Å². The van der Waals surface area contributed by atoms with Gasteiger partial charge >= 0.3 is 0 Å². The fraction of sp³-hybridized carbons (Fsp3) is 0.625. The third-order valence-electron chi connectivity index (χ3n) is 1.94. The second-order valence-electron chi connectivity index (χ2n) is 2.98. The Hall–Kier alpha value is -0.390. The number of hydrogen-bond acceptors (Lipinski definition) is 3. The average molecular weight is 249 g/mol. The van der Waals surface area contributed by atoms with Crippen molar-refractivity contribution in [2.24, 2.45) is 5.73 Å². The number of amides is 1. The largest absolute Gasteiger partial charge is 0.378 e. The highest BCUT2D eigenvalue weighted by Crippen LogP contribution is 2.11. The number of hydrogen-bond donors (Lipinski definition) is 1. The molecule has 0 spiro atoms. The van der Waals surface area contributed by atoms with Crippen molar-refractivity contribution in [1.82, 2.24) is 4.90 Å². The van der Waals surface area contributed by atoms with Crippen molar-refractivity contribution in [3.8, 4) is 0 Å². The van der Waals surface area contributed by atoms with Crippen molar-refractivity contribution in [3.05, 3.63) is 11.1 Å². The van der Waals surface area contributed by atoms with E-state index >= 15 is 0 Å². The lowest BCUT2D eigenvalue weighted by atomic mass is 10.2. The monoisotopic (exact) mass is 248 g/mol. The number of primary amides is 1. The summed E-state index contributed by atoms with van der Waals surface area (Å²) in [6, 6.07) is -0.317. The van der Waals surface area contributed by atoms with Crippen molar-refractivity contribution >= 4 is 21.8 Å². The summed E-state index contributed by atoms with van der Waals surface area (Å²) >= 11 is 3.26. The molecule has 1 fully saturated rings. The summed E-state index contributed by atoms with van der Waals surface area (Å²) in [5.74, 6) is -0.339. The minimum absolute atomic E-state index is 0.317. The summed E-state index contributed by atoms with van der Waals surface area (Å²) < 4.78 is 6.02. The molecule has 0 radical (unpaired) electrons. The van der Waals surface area contributed by atoms with Crippen LogP contribution in [0.25, 0.3) is 0 Å². The van der Waals surface area contributed by atoms with Gasteiger partial charge in [-0.1, -0.05) is 22.5 Å². The molecule has 1 saturated heterocycles. The summed E-state index contributed by atoms with van der Waals surface area (Å²) in [6.45, 7) is 6.11. The molecule has 74 valence electrons. The van der Waals surface area contributed by atoms with E-state index in [-0.39, 0.29) is 11.9 Å². The van der Waals surface area contributed by atoms with Crippen LogP contribution in [0.4, 0.5) is 0 Å². The summed E-state index contributed by atoms with van der Waals surface area (Å²) in [4.78, 5) is 13.0. The lowest BCUT2D eigenvalue weighted by molar-refractivity contribution is -0.128. The third kappa shape index (κ3) is 3.10. The van der Waals surface area contributed by atoms with Crippen LogP contribution >= 0.6 is 15.9 Å². The maximum atomic E-state index is 11.0. The minimum atomic E-state index is -0.339. The first-order valence-corrected chi connectivity index (χ1v) is 4.85. The number of halogens is 1. The molecule has 1 rings (SSSR count). The quantitative estimate of drug-likeness (QED) is 0.770. The molecule has 1 amide bonds. The Morgan fingerprint density at radius 2 is 2.46 bits per heavy atom. The smallest absolute Gasteiger partial charge is 0.237 e. The van der Waals surface area contributed by atoms with E-state index in [1.54, 1.807) is 0 Å². The number of ether oxygens (including phenoxy) is 1. The molecule has 0 aromatic carbocycles. The Balaban J connectivity index is 2.56. The van der Waals surface area contributed by atoms with Gasteiger partial charge in [0.15, 0.2) is 0 Å². The molecule has 2 N–H and O–H groups in total. The highest BCUT2D eigenvalue weighted by molar-refractivity contribution is 9.11. The summed E-state index contributed by atoms with van der Waals surface area (Å²) in [5.41, 5.74) is 5.23. The average Bonchev–Trinajstić information content (AvgIpc) is 2.03. The molecule has 0 aromatic heterocycles. The molecule has 0 aromatic rings. The number of nitrogens with zero attached hydrogens (tertiary/aromatic N) is 1. The third-order valence-corrected chi connectivity index (χ3v) is 2.19. The van der Waals surface area contributed by atoms with Gasteiger partial charge in [0.25, 0.3) is 0 Å². The molecule has 0 aliphatic carbocycles. The van der Waals surface area contributed by atoms with E-state index in [9.17, 15) is 4.79 Å². The van der Waals surface area contributed by atoms with Crippen LogP contribution in [0.2, 0.25) is 0 Å². The van der Waals surface area contributed by atoms with Gasteiger partial charge < -0.3 is 10.5 Å². The van der Waals surface area contributed by atoms with Gasteiger partial charge in [-0.15, -0.1) is 0 Å². The zero-order valence-electron chi connectivity index (χ0n) is 7.33. The molecule has 5 heteroatoms. The molecule has 4 nitrogen and oxygen atoms in total. The zero-order valence-corrected chi connectivity index (χ0v) is 8.92. The molecular weight excluding hydrogens is 236 g/mol. The highest BCUT2D eigenvalue weighted by atomic mass is 79.9. The number of morpholine rings is 1. The molecule has 1 atom stereocenters. The Labute approximate surface area is 85.8 Å². The predicted octanol–water partition coefficient (Wildman–Crippen LogP) is 0.0811. The summed E-state index contributed by atoms with van der Waals surface area (Å²) in [6.07, 6.45) is 0. The van der Waals surface area contributed by atoms with Crippen LogP contribution in [0.3, 0.4) is 0 Å². The van der Waals surface area contributed by atoms with Crippen LogP contribution in [0.15, 0.2) is 11.1 Å². The van der Waals surface area contributed by atoms with Gasteiger partial charge in [0.05, 0.1) is 13.2 Å². The molecule has 0 unspecified atom stereocenters. The van der Waals surface area contributed by atoms with Crippen LogP contribution in [0.1, 0.15) is 0 Å². The van der Waals surface area contributed by atoms with Gasteiger partial charge in [-0.3, -0.25) is 9.69 Å². The first kappa shape index (κ1) is 10.7. The van der Waals surface area contributed by atoms with E-state index in [0.717, 1.165) is 11.0 Å². The fourth-order valence-corrected chi connectivity index (χ4v) is 1.63. The van der Waals surface area contributed by atoms with Crippen molar-refractivity contribution in [2.45, 2.75) is 6.04 Å². The van der Waals surface area contributed by atoms with Gasteiger partial charge in [0.1, 0.15) is 6.04 Å². The minimum Gasteiger partial charge on any atom is -0.378 e. The van der Waals surface area contributed by atoms with Crippen LogP contribution in [-0.4, -0.2) is 43.2 Å². The van der Waals surface area contributed by atoms with Crippen LogP contribution in [0.5, 0.6) is 0 Å². The van der Waals surface area contributed by atoms with Gasteiger partial charge in [-0.05, 0) is 0 Å². The Kier molecular flexibility index (Phi) is 3.90. The lowest BCUT2D eigenvalue weighted by Gasteiger charge is -2.33. The molecule has 1 aliphatic rings. The van der Waals surface area contributed by atoms with Crippen molar-refractivity contribution in [3.63, 3.8) is 0 Å². The fourth-order valence-electron chi connectivity index (χ4n) is 1.31. The Bertz CT molecular complexity index is 220. The topological polar surface area (TPSA) is 55.6 Å². The second-order valence-corrected chi connectivity index (χ2v) is 4.10. The first-order chi connectivity index (χ1) is 6.11. The van der Waals surface area contributed by atoms with Crippen LogP contribution in [0, 0.1) is 0 Å². The van der Waals surface area contributed by atoms with Crippen molar-refractivity contribution in [1.29, 1.82) is 0 Å². The molecule has 1 aliphatic heterocycles. The predicted molar refractivity (Wildman–Crippen MR) is 53.4 cm³/mol. The zero-order chi connectivity index (χ0) is 9.84. The molecule has 0 bridgehead atoms. The molecular formula is C8H13BrN2O2. The molecule has 0 saturated carbocycles. The van der Waals surface area contributed by atoms with Crippen LogP contribution < -0.4 is 5.73 Å². The molecule has 1 heterocycles. The summed E-state index contributed by atoms with van der Waals surface area (Å²) in [7, 11) is 0. The second kappa shape index (κ2) is 4.74. The lowest BCUT2D eigenvalue weighted by Crippen LogP contribution is -2.52. The normalized spacial score (nSPS) is 24.2. The van der Waals surface area contributed by atoms with E-state index in [1.165, 1.54) is 0 Å². The highest BCUT2D eigenvalue weighted by Gasteiger charge is 2.27. The maximum absolute atomic E-state index is 11.0. The van der Waals surface area contributed by atoms with Crippen LogP contribution in [-0.2, 0) is 9.53 Å². The number of carbonyl (C=O) groups excluding carboxylic acids is 1. The first-order valence-electron chi connectivity index (χ1n) is 4.05.